The van der Waals surface area contributed by atoms with Gasteiger partial charge in [-0.3, -0.25) is 9.59 Å². The lowest BCUT2D eigenvalue weighted by Crippen LogP contribution is -2.60. The Bertz CT molecular complexity index is 1030. The number of aliphatic hydroxyl groups excluding tert-OH is 4. The lowest BCUT2D eigenvalue weighted by atomic mass is 9.82. The molecule has 5 N–H and O–H groups in total. The minimum Gasteiger partial charge on any atom is -0.507 e. The van der Waals surface area contributed by atoms with Crippen LogP contribution in [0.15, 0.2) is 30.3 Å². The number of ether oxygens (including phenoxy) is 2. The highest BCUT2D eigenvalue weighted by molar-refractivity contribution is 6.30. The summed E-state index contributed by atoms with van der Waals surface area (Å²) in [4.78, 5) is 26.1. The first-order valence-electron chi connectivity index (χ1n) is 9.27. The van der Waals surface area contributed by atoms with E-state index in [9.17, 15) is 35.1 Å². The van der Waals surface area contributed by atoms with Crippen molar-refractivity contribution >= 4 is 11.6 Å². The number of aromatic hydroxyl groups is 1. The van der Waals surface area contributed by atoms with Gasteiger partial charge in [0.05, 0.1) is 17.7 Å². The van der Waals surface area contributed by atoms with Gasteiger partial charge in [-0.05, 0) is 30.7 Å². The van der Waals surface area contributed by atoms with Crippen molar-refractivity contribution < 1.29 is 44.6 Å². The molecule has 9 nitrogen and oxygen atoms in total. The van der Waals surface area contributed by atoms with Gasteiger partial charge >= 0.3 is 0 Å². The van der Waals surface area contributed by atoms with Gasteiger partial charge in [0.2, 0.25) is 12.1 Å². The summed E-state index contributed by atoms with van der Waals surface area (Å²) in [6.45, 7) is 1.03. The van der Waals surface area contributed by atoms with Crippen LogP contribution in [0.25, 0.3) is 0 Å². The molecule has 1 saturated heterocycles. The monoisotopic (exact) mass is 416 g/mol. The number of aliphatic hydroxyl groups is 4. The molecule has 1 fully saturated rings. The number of benzene rings is 2. The van der Waals surface area contributed by atoms with Crippen LogP contribution in [0.5, 0.6) is 11.5 Å². The molecule has 2 aliphatic rings. The Hall–Kier alpha value is -2.82. The summed E-state index contributed by atoms with van der Waals surface area (Å²) in [5.41, 5.74) is 0.446. The van der Waals surface area contributed by atoms with Crippen molar-refractivity contribution in [2.75, 3.05) is 6.61 Å². The Labute approximate surface area is 170 Å². The summed E-state index contributed by atoms with van der Waals surface area (Å²) < 4.78 is 11.0. The quantitative estimate of drug-likeness (QED) is 0.386. The van der Waals surface area contributed by atoms with Crippen molar-refractivity contribution in [3.05, 3.63) is 58.1 Å². The van der Waals surface area contributed by atoms with Crippen molar-refractivity contribution in [2.24, 2.45) is 0 Å². The second-order valence-electron chi connectivity index (χ2n) is 7.36. The first kappa shape index (κ1) is 20.5. The first-order valence-corrected chi connectivity index (χ1v) is 9.27. The smallest absolute Gasteiger partial charge is 0.229 e. The van der Waals surface area contributed by atoms with Gasteiger partial charge < -0.3 is 35.0 Å². The highest BCUT2D eigenvalue weighted by Crippen LogP contribution is 2.38. The van der Waals surface area contributed by atoms with Gasteiger partial charge in [0, 0.05) is 11.1 Å². The minimum atomic E-state index is -1.69. The minimum absolute atomic E-state index is 0.0666. The Morgan fingerprint density at radius 3 is 2.40 bits per heavy atom. The zero-order valence-corrected chi connectivity index (χ0v) is 15.8. The molecule has 0 aromatic heterocycles. The molecule has 0 spiro atoms. The molecule has 2 aromatic rings. The van der Waals surface area contributed by atoms with E-state index in [-0.39, 0.29) is 33.8 Å². The Kier molecular flexibility index (Phi) is 5.08. The van der Waals surface area contributed by atoms with Gasteiger partial charge in [0.15, 0.2) is 5.78 Å². The summed E-state index contributed by atoms with van der Waals surface area (Å²) in [5.74, 6) is -1.56. The van der Waals surface area contributed by atoms with E-state index in [4.69, 9.17) is 9.47 Å². The van der Waals surface area contributed by atoms with Crippen molar-refractivity contribution in [1.82, 2.24) is 0 Å². The van der Waals surface area contributed by atoms with E-state index < -0.39 is 48.9 Å². The lowest BCUT2D eigenvalue weighted by Gasteiger charge is -2.39. The maximum absolute atomic E-state index is 13.1. The van der Waals surface area contributed by atoms with Crippen LogP contribution in [-0.2, 0) is 4.74 Å². The van der Waals surface area contributed by atoms with Crippen molar-refractivity contribution in [3.8, 4) is 11.5 Å². The number of carbonyl (C=O) groups is 2. The number of aryl methyl sites for hydroxylation is 1. The van der Waals surface area contributed by atoms with Crippen molar-refractivity contribution in [1.29, 1.82) is 0 Å². The average Bonchev–Trinajstić information content (AvgIpc) is 2.71. The zero-order valence-electron chi connectivity index (χ0n) is 15.8. The summed E-state index contributed by atoms with van der Waals surface area (Å²) in [6.07, 6.45) is -7.64. The third kappa shape index (κ3) is 3.08. The van der Waals surface area contributed by atoms with Crippen LogP contribution in [0.1, 0.15) is 37.4 Å². The lowest BCUT2D eigenvalue weighted by molar-refractivity contribution is -0.277. The first-order chi connectivity index (χ1) is 14.2. The van der Waals surface area contributed by atoms with Gasteiger partial charge in [-0.15, -0.1) is 0 Å². The summed E-state index contributed by atoms with van der Waals surface area (Å²) in [6, 6.07) is 7.17. The maximum atomic E-state index is 13.1. The Morgan fingerprint density at radius 1 is 0.967 bits per heavy atom. The van der Waals surface area contributed by atoms with E-state index in [2.05, 4.69) is 0 Å². The van der Waals surface area contributed by atoms with E-state index in [1.54, 1.807) is 6.92 Å². The van der Waals surface area contributed by atoms with Crippen LogP contribution in [0.4, 0.5) is 0 Å². The van der Waals surface area contributed by atoms with E-state index in [0.717, 1.165) is 0 Å². The normalized spacial score (nSPS) is 28.1. The molecule has 0 saturated carbocycles. The van der Waals surface area contributed by atoms with E-state index in [0.29, 0.717) is 5.56 Å². The molecule has 1 heterocycles. The topological polar surface area (TPSA) is 154 Å². The van der Waals surface area contributed by atoms with Gasteiger partial charge in [-0.2, -0.15) is 0 Å². The molecule has 30 heavy (non-hydrogen) atoms. The number of carbonyl (C=O) groups excluding carboxylic acids is 2. The Balaban J connectivity index is 1.78. The molecule has 0 amide bonds. The average molecular weight is 416 g/mol. The standard InChI is InChI=1S/C21H20O9/c1-8-5-10-15(18(26)14-9(16(10)24)3-2-4-11(14)23)12(6-8)29-21-20(28)19(27)17(25)13(7-22)30-21/h2-6,13,17,19-23,25,27-28H,7H2,1H3/t13-,17-,19+,20-,21-/m0/s1. The van der Waals surface area contributed by atoms with Crippen LogP contribution < -0.4 is 4.74 Å². The number of rotatable bonds is 3. The second kappa shape index (κ2) is 7.46. The van der Waals surface area contributed by atoms with E-state index in [1.807, 2.05) is 0 Å². The molecule has 1 aliphatic carbocycles. The molecule has 0 bridgehead atoms. The van der Waals surface area contributed by atoms with Crippen molar-refractivity contribution in [2.45, 2.75) is 37.6 Å². The van der Waals surface area contributed by atoms with Gasteiger partial charge in [0.1, 0.15) is 35.9 Å². The maximum Gasteiger partial charge on any atom is 0.229 e. The van der Waals surface area contributed by atoms with Gasteiger partial charge in [-0.25, -0.2) is 0 Å². The fourth-order valence-electron chi connectivity index (χ4n) is 3.79. The van der Waals surface area contributed by atoms with Gasteiger partial charge in [0.25, 0.3) is 0 Å². The van der Waals surface area contributed by atoms with Crippen LogP contribution >= 0.6 is 0 Å². The number of hydrogen-bond acceptors (Lipinski definition) is 9. The molecule has 9 heteroatoms. The highest BCUT2D eigenvalue weighted by atomic mass is 16.7. The fourth-order valence-corrected chi connectivity index (χ4v) is 3.79. The molecule has 1 aliphatic heterocycles. The number of ketones is 2. The summed E-state index contributed by atoms with van der Waals surface area (Å²) in [7, 11) is 0. The summed E-state index contributed by atoms with van der Waals surface area (Å²) in [5, 5.41) is 49.6. The number of phenolic OH excluding ortho intramolecular Hbond substituents is 1. The molecule has 0 unspecified atom stereocenters. The third-order valence-electron chi connectivity index (χ3n) is 5.32. The van der Waals surface area contributed by atoms with Crippen LogP contribution in [0.2, 0.25) is 0 Å². The van der Waals surface area contributed by atoms with Crippen LogP contribution in [-0.4, -0.2) is 74.4 Å². The molecule has 0 radical (unpaired) electrons. The molecular weight excluding hydrogens is 396 g/mol. The summed E-state index contributed by atoms with van der Waals surface area (Å²) >= 11 is 0. The van der Waals surface area contributed by atoms with E-state index >= 15 is 0 Å². The zero-order chi connectivity index (χ0) is 21.7. The second-order valence-corrected chi connectivity index (χ2v) is 7.36. The number of hydrogen-bond donors (Lipinski definition) is 5. The van der Waals surface area contributed by atoms with E-state index in [1.165, 1.54) is 30.3 Å². The van der Waals surface area contributed by atoms with Crippen molar-refractivity contribution in [3.63, 3.8) is 0 Å². The Morgan fingerprint density at radius 2 is 1.70 bits per heavy atom. The fraction of sp³-hybridized carbons (Fsp3) is 0.333. The predicted molar refractivity (Wildman–Crippen MR) is 101 cm³/mol. The highest BCUT2D eigenvalue weighted by Gasteiger charge is 2.45. The molecular formula is C21H20O9. The third-order valence-corrected chi connectivity index (χ3v) is 5.32. The number of phenols is 1. The molecule has 4 rings (SSSR count). The predicted octanol–water partition coefficient (Wildman–Crippen LogP) is -0.345. The van der Waals surface area contributed by atoms with Crippen LogP contribution in [0.3, 0.4) is 0 Å². The molecule has 158 valence electrons. The SMILES string of the molecule is Cc1cc(O[C@H]2O[C@@H](CO)[C@H](O)[C@@H](O)[C@@H]2O)c2c(c1)C(=O)c1cccc(O)c1C2=O. The van der Waals surface area contributed by atoms with Gasteiger partial charge in [-0.1, -0.05) is 12.1 Å². The molecule has 5 atom stereocenters. The van der Waals surface area contributed by atoms with Crippen LogP contribution in [0, 0.1) is 6.92 Å². The molecule has 2 aromatic carbocycles. The largest absolute Gasteiger partial charge is 0.507 e. The number of fused-ring (bicyclic) bond motifs is 2.